The summed E-state index contributed by atoms with van der Waals surface area (Å²) in [4.78, 5) is 11.6. The highest BCUT2D eigenvalue weighted by Crippen LogP contribution is 2.28. The molecule has 3 aromatic heterocycles. The molecule has 5 nitrogen and oxygen atoms in total. The Kier molecular flexibility index (Phi) is 2.87. The van der Waals surface area contributed by atoms with Gasteiger partial charge in [0.2, 0.25) is 5.95 Å². The number of hydrogen-bond donors (Lipinski definition) is 1. The Bertz CT molecular complexity index is 718. The largest absolute Gasteiger partial charge is 0.469 e. The maximum atomic E-state index is 5.76. The van der Waals surface area contributed by atoms with Crippen molar-refractivity contribution < 1.29 is 4.42 Å². The molecule has 0 aromatic carbocycles. The van der Waals surface area contributed by atoms with Crippen molar-refractivity contribution in [2.45, 2.75) is 13.5 Å². The lowest BCUT2D eigenvalue weighted by molar-refractivity contribution is 0.529. The molecule has 19 heavy (non-hydrogen) atoms. The van der Waals surface area contributed by atoms with E-state index in [1.807, 2.05) is 31.5 Å². The first-order chi connectivity index (χ1) is 9.15. The van der Waals surface area contributed by atoms with Gasteiger partial charge in [-0.2, -0.15) is 4.98 Å². The maximum Gasteiger partial charge on any atom is 0.223 e. The molecule has 0 aliphatic rings. The first kappa shape index (κ1) is 12.0. The molecule has 3 heterocycles. The second-order valence-corrected chi connectivity index (χ2v) is 5.30. The van der Waals surface area contributed by atoms with Crippen molar-refractivity contribution in [3.63, 3.8) is 0 Å². The van der Waals surface area contributed by atoms with Gasteiger partial charge in [-0.3, -0.25) is 0 Å². The minimum Gasteiger partial charge on any atom is -0.469 e. The molecule has 0 aliphatic carbocycles. The van der Waals surface area contributed by atoms with Gasteiger partial charge in [-0.05, 0) is 24.4 Å². The van der Waals surface area contributed by atoms with Crippen LogP contribution in [0.25, 0.3) is 10.2 Å². The van der Waals surface area contributed by atoms with E-state index in [1.165, 1.54) is 0 Å². The predicted molar refractivity (Wildman–Crippen MR) is 77.4 cm³/mol. The molecule has 0 amide bonds. The van der Waals surface area contributed by atoms with Crippen molar-refractivity contribution in [3.05, 3.63) is 35.1 Å². The lowest BCUT2D eigenvalue weighted by atomic mass is 10.2. The zero-order chi connectivity index (χ0) is 13.4. The first-order valence-corrected chi connectivity index (χ1v) is 6.78. The number of nitrogens with zero attached hydrogens (tertiary/aromatic N) is 3. The molecule has 0 radical (unpaired) electrons. The number of aryl methyl sites for hydroxylation is 1. The quantitative estimate of drug-likeness (QED) is 0.795. The molecule has 0 saturated carbocycles. The molecule has 0 saturated heterocycles. The molecule has 0 fully saturated rings. The van der Waals surface area contributed by atoms with Crippen molar-refractivity contribution in [1.29, 1.82) is 0 Å². The van der Waals surface area contributed by atoms with Crippen LogP contribution in [0.3, 0.4) is 0 Å². The van der Waals surface area contributed by atoms with E-state index in [9.17, 15) is 0 Å². The van der Waals surface area contributed by atoms with Crippen molar-refractivity contribution in [1.82, 2.24) is 9.97 Å². The molecule has 3 rings (SSSR count). The van der Waals surface area contributed by atoms with Crippen LogP contribution in [-0.2, 0) is 6.54 Å². The number of anilines is 2. The fourth-order valence-electron chi connectivity index (χ4n) is 2.05. The fraction of sp³-hybridized carbons (Fsp3) is 0.231. The molecule has 0 bridgehead atoms. The molecule has 98 valence electrons. The molecule has 3 aromatic rings. The second kappa shape index (κ2) is 4.55. The standard InChI is InChI=1S/C13H14N4OS/c1-8-9(3-5-18-8)7-17(2)11-10-4-6-19-12(10)16-13(14)15-11/h3-6H,7H2,1-2H3,(H2,14,15,16). The van der Waals surface area contributed by atoms with Crippen LogP contribution in [-0.4, -0.2) is 17.0 Å². The van der Waals surface area contributed by atoms with Crippen molar-refractivity contribution in [2.75, 3.05) is 17.7 Å². The summed E-state index contributed by atoms with van der Waals surface area (Å²) < 4.78 is 5.32. The monoisotopic (exact) mass is 274 g/mol. The van der Waals surface area contributed by atoms with Gasteiger partial charge in [0, 0.05) is 19.2 Å². The van der Waals surface area contributed by atoms with Crippen LogP contribution in [0.1, 0.15) is 11.3 Å². The van der Waals surface area contributed by atoms with Crippen LogP contribution in [0, 0.1) is 6.92 Å². The summed E-state index contributed by atoms with van der Waals surface area (Å²) in [5, 5.41) is 3.03. The van der Waals surface area contributed by atoms with Gasteiger partial charge in [0.15, 0.2) is 0 Å². The third-order valence-corrected chi connectivity index (χ3v) is 3.86. The minimum absolute atomic E-state index is 0.306. The van der Waals surface area contributed by atoms with E-state index in [0.717, 1.165) is 33.9 Å². The van der Waals surface area contributed by atoms with Crippen molar-refractivity contribution in [3.8, 4) is 0 Å². The molecule has 0 atom stereocenters. The average molecular weight is 274 g/mol. The number of furan rings is 1. The smallest absolute Gasteiger partial charge is 0.223 e. The van der Waals surface area contributed by atoms with Crippen LogP contribution in [0.4, 0.5) is 11.8 Å². The molecular weight excluding hydrogens is 260 g/mol. The minimum atomic E-state index is 0.306. The summed E-state index contributed by atoms with van der Waals surface area (Å²) in [6, 6.07) is 3.99. The zero-order valence-electron chi connectivity index (χ0n) is 10.8. The SMILES string of the molecule is Cc1occc1CN(C)c1nc(N)nc2sccc12. The van der Waals surface area contributed by atoms with Gasteiger partial charge in [-0.1, -0.05) is 0 Å². The highest BCUT2D eigenvalue weighted by molar-refractivity contribution is 7.16. The van der Waals surface area contributed by atoms with E-state index < -0.39 is 0 Å². The third kappa shape index (κ3) is 2.15. The van der Waals surface area contributed by atoms with Crippen LogP contribution in [0.2, 0.25) is 0 Å². The topological polar surface area (TPSA) is 68.2 Å². The number of hydrogen-bond acceptors (Lipinski definition) is 6. The van der Waals surface area contributed by atoms with Gasteiger partial charge in [-0.25, -0.2) is 4.98 Å². The highest BCUT2D eigenvalue weighted by Gasteiger charge is 2.13. The molecule has 0 spiro atoms. The molecule has 6 heteroatoms. The summed E-state index contributed by atoms with van der Waals surface area (Å²) in [6.07, 6.45) is 1.70. The third-order valence-electron chi connectivity index (χ3n) is 3.06. The number of nitrogens with two attached hydrogens (primary N) is 1. The van der Waals surface area contributed by atoms with Gasteiger partial charge in [0.25, 0.3) is 0 Å². The van der Waals surface area contributed by atoms with Gasteiger partial charge >= 0.3 is 0 Å². The van der Waals surface area contributed by atoms with E-state index in [-0.39, 0.29) is 0 Å². The van der Waals surface area contributed by atoms with E-state index in [1.54, 1.807) is 17.6 Å². The first-order valence-electron chi connectivity index (χ1n) is 5.90. The lowest BCUT2D eigenvalue weighted by Gasteiger charge is -2.18. The Labute approximate surface area is 114 Å². The zero-order valence-corrected chi connectivity index (χ0v) is 11.6. The Hall–Kier alpha value is -2.08. The average Bonchev–Trinajstić information content (AvgIpc) is 2.98. The van der Waals surface area contributed by atoms with E-state index in [2.05, 4.69) is 14.9 Å². The summed E-state index contributed by atoms with van der Waals surface area (Å²) in [5.74, 6) is 2.08. The molecule has 0 unspecified atom stereocenters. The van der Waals surface area contributed by atoms with Crippen molar-refractivity contribution in [2.24, 2.45) is 0 Å². The highest BCUT2D eigenvalue weighted by atomic mass is 32.1. The molecular formula is C13H14N4OS. The van der Waals surface area contributed by atoms with Crippen LogP contribution >= 0.6 is 11.3 Å². The van der Waals surface area contributed by atoms with E-state index >= 15 is 0 Å². The summed E-state index contributed by atoms with van der Waals surface area (Å²) in [5.41, 5.74) is 6.91. The number of thiophene rings is 1. The second-order valence-electron chi connectivity index (χ2n) is 4.40. The van der Waals surface area contributed by atoms with Gasteiger partial charge < -0.3 is 15.1 Å². The van der Waals surface area contributed by atoms with Gasteiger partial charge in [0.1, 0.15) is 16.4 Å². The van der Waals surface area contributed by atoms with Crippen LogP contribution in [0.5, 0.6) is 0 Å². The number of fused-ring (bicyclic) bond motifs is 1. The summed E-state index contributed by atoms with van der Waals surface area (Å²) in [6.45, 7) is 2.68. The Morgan fingerprint density at radius 1 is 1.37 bits per heavy atom. The van der Waals surface area contributed by atoms with Gasteiger partial charge in [-0.15, -0.1) is 11.3 Å². The maximum absolute atomic E-state index is 5.76. The Balaban J connectivity index is 1.99. The summed E-state index contributed by atoms with van der Waals surface area (Å²) in [7, 11) is 1.99. The molecule has 2 N–H and O–H groups in total. The van der Waals surface area contributed by atoms with E-state index in [0.29, 0.717) is 5.95 Å². The Morgan fingerprint density at radius 3 is 2.95 bits per heavy atom. The lowest BCUT2D eigenvalue weighted by Crippen LogP contribution is -2.18. The normalized spacial score (nSPS) is 11.1. The summed E-state index contributed by atoms with van der Waals surface area (Å²) >= 11 is 1.57. The number of nitrogen functional groups attached to an aromatic ring is 1. The van der Waals surface area contributed by atoms with Crippen molar-refractivity contribution >= 4 is 33.3 Å². The van der Waals surface area contributed by atoms with Crippen LogP contribution < -0.4 is 10.6 Å². The van der Waals surface area contributed by atoms with E-state index in [4.69, 9.17) is 10.2 Å². The Morgan fingerprint density at radius 2 is 2.21 bits per heavy atom. The van der Waals surface area contributed by atoms with Gasteiger partial charge in [0.05, 0.1) is 11.6 Å². The predicted octanol–water partition coefficient (Wildman–Crippen LogP) is 2.81. The van der Waals surface area contributed by atoms with Crippen LogP contribution in [0.15, 0.2) is 28.2 Å². The number of aromatic nitrogens is 2. The molecule has 0 aliphatic heterocycles. The fourth-order valence-corrected chi connectivity index (χ4v) is 2.82. The number of rotatable bonds is 3.